The average molecular weight is 498 g/mol. The number of rotatable bonds is 6. The Bertz CT molecular complexity index is 1080. The van der Waals surface area contributed by atoms with E-state index in [0.29, 0.717) is 19.5 Å². The number of carbonyl (C=O) groups excluding carboxylic acids is 3. The molecule has 6 unspecified atom stereocenters. The average Bonchev–Trinajstić information content (AvgIpc) is 3.46. The van der Waals surface area contributed by atoms with Gasteiger partial charge in [0, 0.05) is 48.2 Å². The minimum absolute atomic E-state index is 0.0156. The molecule has 1 aromatic rings. The molecule has 2 aliphatic carbocycles. The van der Waals surface area contributed by atoms with Crippen molar-refractivity contribution in [3.8, 4) is 6.07 Å². The van der Waals surface area contributed by atoms with Crippen LogP contribution in [0, 0.1) is 34.5 Å². The first kappa shape index (κ1) is 25.4. The maximum Gasteiger partial charge on any atom is 0.232 e. The Morgan fingerprint density at radius 2 is 2.03 bits per heavy atom. The summed E-state index contributed by atoms with van der Waals surface area (Å²) in [4.78, 5) is 41.5. The fourth-order valence-corrected chi connectivity index (χ4v) is 7.67. The van der Waals surface area contributed by atoms with Crippen molar-refractivity contribution in [1.29, 1.82) is 5.26 Å². The van der Waals surface area contributed by atoms with E-state index in [0.717, 1.165) is 11.4 Å². The van der Waals surface area contributed by atoms with Crippen molar-refractivity contribution in [3.05, 3.63) is 24.3 Å². The molecule has 188 valence electrons. The number of thioether (sulfide) groups is 1. The molecule has 35 heavy (non-hydrogen) atoms. The number of anilines is 2. The van der Waals surface area contributed by atoms with E-state index >= 15 is 0 Å². The van der Waals surface area contributed by atoms with E-state index in [1.54, 1.807) is 28.6 Å². The third-order valence-corrected chi connectivity index (χ3v) is 9.40. The van der Waals surface area contributed by atoms with Gasteiger partial charge in [0.2, 0.25) is 17.7 Å². The van der Waals surface area contributed by atoms with Crippen LogP contribution in [-0.2, 0) is 14.4 Å². The summed E-state index contributed by atoms with van der Waals surface area (Å²) in [5.74, 6) is -1.22. The molecule has 0 bridgehead atoms. The Kier molecular flexibility index (Phi) is 6.56. The molecular formula is C26H35N5O3S. The molecule has 2 saturated carbocycles. The predicted molar refractivity (Wildman–Crippen MR) is 138 cm³/mol. The van der Waals surface area contributed by atoms with Crippen LogP contribution in [0.4, 0.5) is 11.4 Å². The van der Waals surface area contributed by atoms with Crippen molar-refractivity contribution in [3.63, 3.8) is 0 Å². The molecule has 1 spiro atoms. The van der Waals surface area contributed by atoms with Gasteiger partial charge >= 0.3 is 0 Å². The maximum absolute atomic E-state index is 13.4. The largest absolute Gasteiger partial charge is 0.381 e. The Morgan fingerprint density at radius 3 is 2.63 bits per heavy atom. The third kappa shape index (κ3) is 4.06. The molecule has 1 heterocycles. The van der Waals surface area contributed by atoms with Crippen molar-refractivity contribution in [1.82, 2.24) is 10.2 Å². The summed E-state index contributed by atoms with van der Waals surface area (Å²) in [6, 6.07) is 10.1. The van der Waals surface area contributed by atoms with E-state index < -0.39 is 22.1 Å². The number of hydrogen-bond donors (Lipinski definition) is 2. The molecular weight excluding hydrogens is 462 g/mol. The summed E-state index contributed by atoms with van der Waals surface area (Å²) in [5.41, 5.74) is 1.20. The summed E-state index contributed by atoms with van der Waals surface area (Å²) in [6.07, 6.45) is 0.701. The van der Waals surface area contributed by atoms with Gasteiger partial charge in [0.15, 0.2) is 0 Å². The van der Waals surface area contributed by atoms with Crippen molar-refractivity contribution in [2.75, 3.05) is 30.4 Å². The van der Waals surface area contributed by atoms with Crippen molar-refractivity contribution < 1.29 is 14.4 Å². The minimum atomic E-state index is -0.789. The van der Waals surface area contributed by atoms with E-state index in [1.807, 2.05) is 58.9 Å². The van der Waals surface area contributed by atoms with Crippen LogP contribution in [0.1, 0.15) is 41.0 Å². The lowest BCUT2D eigenvalue weighted by Crippen LogP contribution is -2.64. The maximum atomic E-state index is 13.4. The van der Waals surface area contributed by atoms with Crippen LogP contribution in [-0.4, -0.2) is 58.9 Å². The highest BCUT2D eigenvalue weighted by molar-refractivity contribution is 8.01. The first-order valence-corrected chi connectivity index (χ1v) is 13.2. The second-order valence-electron chi connectivity index (χ2n) is 10.7. The van der Waals surface area contributed by atoms with Crippen molar-refractivity contribution in [2.45, 2.75) is 57.2 Å². The SMILES string of the molecule is CCNC(=O)C1C(C#N)C12SC1C(Nc3cccc(N(C)C(=O)C(C)(C)C)c3)CC1C(=O)N2CC. The molecule has 8 nitrogen and oxygen atoms in total. The Morgan fingerprint density at radius 1 is 1.31 bits per heavy atom. The van der Waals surface area contributed by atoms with Crippen LogP contribution < -0.4 is 15.5 Å². The summed E-state index contributed by atoms with van der Waals surface area (Å²) < 4.78 is 0. The van der Waals surface area contributed by atoms with Crippen LogP contribution in [0.3, 0.4) is 0 Å². The van der Waals surface area contributed by atoms with E-state index in [2.05, 4.69) is 16.7 Å². The van der Waals surface area contributed by atoms with Gasteiger partial charge in [-0.1, -0.05) is 26.8 Å². The number of fused-ring (bicyclic) bond motifs is 1. The van der Waals surface area contributed by atoms with Gasteiger partial charge in [-0.05, 0) is 38.5 Å². The van der Waals surface area contributed by atoms with Gasteiger partial charge in [-0.2, -0.15) is 5.26 Å². The van der Waals surface area contributed by atoms with Crippen molar-refractivity contribution >= 4 is 40.9 Å². The number of amides is 3. The lowest BCUT2D eigenvalue weighted by molar-refractivity contribution is -0.141. The molecule has 1 aliphatic heterocycles. The molecule has 9 heteroatoms. The highest BCUT2D eigenvalue weighted by Gasteiger charge is 2.77. The Labute approximate surface area is 211 Å². The lowest BCUT2D eigenvalue weighted by atomic mass is 9.78. The molecule has 6 atom stereocenters. The second kappa shape index (κ2) is 9.05. The van der Waals surface area contributed by atoms with Gasteiger partial charge in [0.1, 0.15) is 4.87 Å². The van der Waals surface area contributed by atoms with E-state index in [1.165, 1.54) is 0 Å². The number of hydrogen-bond acceptors (Lipinski definition) is 6. The topological polar surface area (TPSA) is 106 Å². The van der Waals surface area contributed by atoms with Gasteiger partial charge in [-0.15, -0.1) is 11.8 Å². The zero-order chi connectivity index (χ0) is 25.7. The number of carbonyl (C=O) groups is 3. The lowest BCUT2D eigenvalue weighted by Gasteiger charge is -2.53. The molecule has 1 aromatic carbocycles. The molecule has 3 aliphatic rings. The molecule has 3 fully saturated rings. The minimum Gasteiger partial charge on any atom is -0.381 e. The smallest absolute Gasteiger partial charge is 0.232 e. The number of benzene rings is 1. The first-order chi connectivity index (χ1) is 16.5. The van der Waals surface area contributed by atoms with Crippen molar-refractivity contribution in [2.24, 2.45) is 23.2 Å². The normalized spacial score (nSPS) is 31.2. The summed E-state index contributed by atoms with van der Waals surface area (Å²) in [6.45, 7) is 10.4. The zero-order valence-corrected chi connectivity index (χ0v) is 22.1. The van der Waals surface area contributed by atoms with Gasteiger partial charge < -0.3 is 20.4 Å². The first-order valence-electron chi connectivity index (χ1n) is 12.3. The van der Waals surface area contributed by atoms with Crippen LogP contribution in [0.25, 0.3) is 0 Å². The molecule has 0 aromatic heterocycles. The Balaban J connectivity index is 1.53. The van der Waals surface area contributed by atoms with Gasteiger partial charge in [-0.25, -0.2) is 0 Å². The fourth-order valence-electron chi connectivity index (χ4n) is 5.49. The second-order valence-corrected chi connectivity index (χ2v) is 12.1. The predicted octanol–water partition coefficient (Wildman–Crippen LogP) is 3.06. The number of nitrogens with one attached hydrogen (secondary N) is 2. The van der Waals surface area contributed by atoms with Gasteiger partial charge in [-0.3, -0.25) is 14.4 Å². The van der Waals surface area contributed by atoms with Crippen LogP contribution in [0.15, 0.2) is 24.3 Å². The highest BCUT2D eigenvalue weighted by atomic mass is 32.2. The zero-order valence-electron chi connectivity index (χ0n) is 21.3. The van der Waals surface area contributed by atoms with E-state index in [-0.39, 0.29) is 34.9 Å². The molecule has 4 rings (SSSR count). The van der Waals surface area contributed by atoms with E-state index in [4.69, 9.17) is 0 Å². The summed E-state index contributed by atoms with van der Waals surface area (Å²) in [7, 11) is 1.78. The molecule has 1 saturated heterocycles. The number of nitriles is 1. The number of nitrogens with zero attached hydrogens (tertiary/aromatic N) is 3. The van der Waals surface area contributed by atoms with Gasteiger partial charge in [0.25, 0.3) is 0 Å². The Hall–Kier alpha value is -2.73. The van der Waals surface area contributed by atoms with Crippen LogP contribution in [0.5, 0.6) is 0 Å². The summed E-state index contributed by atoms with van der Waals surface area (Å²) in [5, 5.41) is 16.2. The monoisotopic (exact) mass is 497 g/mol. The third-order valence-electron chi connectivity index (χ3n) is 7.37. The standard InChI is InChI=1S/C26H35N5O3S/c1-7-28-22(32)20-18(14-27)26(20)31(8-2)23(33)17-13-19(21(17)35-26)29-15-10-9-11-16(12-15)30(6)24(34)25(3,4)5/h9-12,17-21,29H,7-8,13H2,1-6H3,(H,28,32). The highest BCUT2D eigenvalue weighted by Crippen LogP contribution is 2.68. The molecule has 0 radical (unpaired) electrons. The molecule has 3 amide bonds. The molecule has 2 N–H and O–H groups in total. The summed E-state index contributed by atoms with van der Waals surface area (Å²) >= 11 is 1.62. The fraction of sp³-hybridized carbons (Fsp3) is 0.615. The van der Waals surface area contributed by atoms with Gasteiger partial charge in [0.05, 0.1) is 23.8 Å². The van der Waals surface area contributed by atoms with Crippen LogP contribution in [0.2, 0.25) is 0 Å². The van der Waals surface area contributed by atoms with Crippen LogP contribution >= 0.6 is 11.8 Å². The quantitative estimate of drug-likeness (QED) is 0.626. The van der Waals surface area contributed by atoms with E-state index in [9.17, 15) is 19.6 Å².